The van der Waals surface area contributed by atoms with Crippen LogP contribution in [0, 0.1) is 5.92 Å². The minimum Gasteiger partial charge on any atom is -0.496 e. The lowest BCUT2D eigenvalue weighted by atomic mass is 9.89. The van der Waals surface area contributed by atoms with Crippen molar-refractivity contribution < 1.29 is 14.3 Å². The number of nitrogens with zero attached hydrogens (tertiary/aromatic N) is 2. The van der Waals surface area contributed by atoms with E-state index >= 15 is 0 Å². The highest BCUT2D eigenvalue weighted by Gasteiger charge is 2.30. The molecule has 0 saturated carbocycles. The molecule has 1 aromatic heterocycles. The van der Waals surface area contributed by atoms with Gasteiger partial charge in [-0.05, 0) is 94.0 Å². The van der Waals surface area contributed by atoms with Crippen molar-refractivity contribution in [1.82, 2.24) is 9.88 Å². The van der Waals surface area contributed by atoms with Crippen molar-refractivity contribution in [3.8, 4) is 5.75 Å². The van der Waals surface area contributed by atoms with Crippen molar-refractivity contribution in [1.29, 1.82) is 0 Å². The highest BCUT2D eigenvalue weighted by atomic mass is 35.5. The van der Waals surface area contributed by atoms with Gasteiger partial charge in [-0.25, -0.2) is 4.79 Å². The molecule has 1 aliphatic heterocycles. The van der Waals surface area contributed by atoms with Gasteiger partial charge in [0.2, 0.25) is 0 Å². The second-order valence-electron chi connectivity index (χ2n) is 10.3. The van der Waals surface area contributed by atoms with Crippen LogP contribution in [-0.2, 0) is 17.6 Å². The number of ether oxygens (including phenoxy) is 2. The van der Waals surface area contributed by atoms with Gasteiger partial charge in [-0.3, -0.25) is 4.98 Å². The van der Waals surface area contributed by atoms with E-state index in [-0.39, 0.29) is 12.0 Å². The number of aromatic nitrogens is 1. The van der Waals surface area contributed by atoms with Gasteiger partial charge in [0.25, 0.3) is 0 Å². The molecule has 1 fully saturated rings. The van der Waals surface area contributed by atoms with Crippen LogP contribution >= 0.6 is 11.6 Å². The van der Waals surface area contributed by atoms with Crippen molar-refractivity contribution in [3.05, 3.63) is 57.9 Å². The molecule has 2 heterocycles. The Balaban J connectivity index is 1.36. The van der Waals surface area contributed by atoms with E-state index in [9.17, 15) is 4.79 Å². The first-order valence-electron chi connectivity index (χ1n) is 12.0. The largest absolute Gasteiger partial charge is 0.496 e. The summed E-state index contributed by atoms with van der Waals surface area (Å²) in [5, 5.41) is 0.829. The SMILES string of the molecule is COc1ccc(Cl)c2c1C(c1cncc(CCC3CCN(C(=O)OC(C)(C)C)CC3)c1)CC2. The number of carbonyl (C=O) groups excluding carboxylic acids is 1. The minimum atomic E-state index is -0.443. The van der Waals surface area contributed by atoms with E-state index in [0.29, 0.717) is 5.92 Å². The number of hydrogen-bond acceptors (Lipinski definition) is 4. The average Bonchev–Trinajstić information content (AvgIpc) is 3.24. The lowest BCUT2D eigenvalue weighted by Gasteiger charge is -2.33. The summed E-state index contributed by atoms with van der Waals surface area (Å²) in [5.41, 5.74) is 4.51. The number of pyridine rings is 1. The number of fused-ring (bicyclic) bond motifs is 1. The first kappa shape index (κ1) is 23.9. The number of hydrogen-bond donors (Lipinski definition) is 0. The third-order valence-electron chi connectivity index (χ3n) is 6.84. The molecule has 4 rings (SSSR count). The number of benzene rings is 1. The molecule has 2 aromatic rings. The average molecular weight is 471 g/mol. The van der Waals surface area contributed by atoms with Gasteiger partial charge in [-0.15, -0.1) is 0 Å². The zero-order valence-electron chi connectivity index (χ0n) is 20.2. The van der Waals surface area contributed by atoms with Gasteiger partial charge in [0.15, 0.2) is 0 Å². The van der Waals surface area contributed by atoms with E-state index in [1.54, 1.807) is 7.11 Å². The fourth-order valence-electron chi connectivity index (χ4n) is 5.13. The normalized spacial score (nSPS) is 18.8. The molecule has 6 heteroatoms. The Kier molecular flexibility index (Phi) is 7.18. The molecule has 33 heavy (non-hydrogen) atoms. The van der Waals surface area contributed by atoms with Crippen LogP contribution in [0.1, 0.15) is 74.6 Å². The molecule has 2 aliphatic rings. The lowest BCUT2D eigenvalue weighted by molar-refractivity contribution is 0.0181. The van der Waals surface area contributed by atoms with Crippen LogP contribution in [0.3, 0.4) is 0 Å². The summed E-state index contributed by atoms with van der Waals surface area (Å²) in [4.78, 5) is 18.7. The molecule has 1 unspecified atom stereocenters. The van der Waals surface area contributed by atoms with E-state index < -0.39 is 5.60 Å². The Morgan fingerprint density at radius 1 is 1.18 bits per heavy atom. The molecule has 1 saturated heterocycles. The molecule has 0 bridgehead atoms. The van der Waals surface area contributed by atoms with E-state index in [1.807, 2.05) is 50.2 Å². The highest BCUT2D eigenvalue weighted by molar-refractivity contribution is 6.31. The number of piperidine rings is 1. The Morgan fingerprint density at radius 2 is 1.94 bits per heavy atom. The van der Waals surface area contributed by atoms with Gasteiger partial charge in [0.05, 0.1) is 7.11 Å². The zero-order chi connectivity index (χ0) is 23.6. The molecule has 1 aromatic carbocycles. The van der Waals surface area contributed by atoms with Crippen molar-refractivity contribution in [2.45, 2.75) is 70.8 Å². The molecule has 1 amide bonds. The Morgan fingerprint density at radius 3 is 2.64 bits per heavy atom. The van der Waals surface area contributed by atoms with Crippen LogP contribution < -0.4 is 4.74 Å². The molecular formula is C27H35ClN2O3. The Hall–Kier alpha value is -2.27. The van der Waals surface area contributed by atoms with Gasteiger partial charge in [0.1, 0.15) is 11.4 Å². The monoisotopic (exact) mass is 470 g/mol. The smallest absolute Gasteiger partial charge is 0.410 e. The van der Waals surface area contributed by atoms with Crippen LogP contribution in [0.25, 0.3) is 0 Å². The molecule has 0 N–H and O–H groups in total. The van der Waals surface area contributed by atoms with E-state index in [4.69, 9.17) is 21.1 Å². The summed E-state index contributed by atoms with van der Waals surface area (Å²) in [6, 6.07) is 6.22. The van der Waals surface area contributed by atoms with Gasteiger partial charge >= 0.3 is 6.09 Å². The predicted octanol–water partition coefficient (Wildman–Crippen LogP) is 6.40. The summed E-state index contributed by atoms with van der Waals surface area (Å²) in [6.07, 6.45) is 9.96. The van der Waals surface area contributed by atoms with E-state index in [1.165, 1.54) is 22.3 Å². The molecule has 0 spiro atoms. The minimum absolute atomic E-state index is 0.190. The van der Waals surface area contributed by atoms with Crippen LogP contribution in [0.2, 0.25) is 5.02 Å². The van der Waals surface area contributed by atoms with Gasteiger partial charge in [-0.2, -0.15) is 0 Å². The maximum atomic E-state index is 12.3. The van der Waals surface area contributed by atoms with Crippen LogP contribution in [0.4, 0.5) is 4.79 Å². The highest BCUT2D eigenvalue weighted by Crippen LogP contribution is 2.46. The number of aryl methyl sites for hydroxylation is 1. The number of likely N-dealkylation sites (tertiary alicyclic amines) is 1. The van der Waals surface area contributed by atoms with Gasteiger partial charge in [-0.1, -0.05) is 17.7 Å². The Bertz CT molecular complexity index is 993. The van der Waals surface area contributed by atoms with Crippen molar-refractivity contribution in [2.24, 2.45) is 5.92 Å². The standard InChI is InChI=1S/C27H35ClN2O3/c1-27(2,3)33-26(31)30-13-11-18(12-14-30)5-6-19-15-20(17-29-16-19)21-7-8-22-23(28)9-10-24(32-4)25(21)22/h9-10,15-18,21H,5-8,11-14H2,1-4H3. The van der Waals surface area contributed by atoms with Crippen LogP contribution in [0.15, 0.2) is 30.6 Å². The quantitative estimate of drug-likeness (QED) is 0.507. The van der Waals surface area contributed by atoms with Gasteiger partial charge < -0.3 is 14.4 Å². The molecular weight excluding hydrogens is 436 g/mol. The fourth-order valence-corrected chi connectivity index (χ4v) is 5.39. The zero-order valence-corrected chi connectivity index (χ0v) is 21.0. The number of amides is 1. The summed E-state index contributed by atoms with van der Waals surface area (Å²) < 4.78 is 11.2. The second-order valence-corrected chi connectivity index (χ2v) is 10.7. The molecule has 1 atom stereocenters. The van der Waals surface area contributed by atoms with Crippen molar-refractivity contribution in [3.63, 3.8) is 0 Å². The number of halogens is 1. The predicted molar refractivity (Wildman–Crippen MR) is 131 cm³/mol. The maximum absolute atomic E-state index is 12.3. The Labute approximate surface area is 202 Å². The third kappa shape index (κ3) is 5.63. The van der Waals surface area contributed by atoms with Crippen LogP contribution in [-0.4, -0.2) is 41.8 Å². The number of methoxy groups -OCH3 is 1. The van der Waals surface area contributed by atoms with Crippen molar-refractivity contribution in [2.75, 3.05) is 20.2 Å². The summed E-state index contributed by atoms with van der Waals surface area (Å²) in [5.74, 6) is 1.82. The summed E-state index contributed by atoms with van der Waals surface area (Å²) >= 11 is 6.48. The second kappa shape index (κ2) is 9.92. The molecule has 5 nitrogen and oxygen atoms in total. The molecule has 0 radical (unpaired) electrons. The number of rotatable bonds is 5. The lowest BCUT2D eigenvalue weighted by Crippen LogP contribution is -2.41. The van der Waals surface area contributed by atoms with Gasteiger partial charge in [0, 0.05) is 42.0 Å². The van der Waals surface area contributed by atoms with E-state index in [2.05, 4.69) is 11.1 Å². The first-order valence-corrected chi connectivity index (χ1v) is 12.4. The summed E-state index contributed by atoms with van der Waals surface area (Å²) in [6.45, 7) is 7.28. The summed E-state index contributed by atoms with van der Waals surface area (Å²) in [7, 11) is 1.72. The fraction of sp³-hybridized carbons (Fsp3) is 0.556. The van der Waals surface area contributed by atoms with E-state index in [0.717, 1.165) is 62.4 Å². The molecule has 178 valence electrons. The third-order valence-corrected chi connectivity index (χ3v) is 7.19. The topological polar surface area (TPSA) is 51.7 Å². The molecule has 1 aliphatic carbocycles. The number of carbonyl (C=O) groups is 1. The van der Waals surface area contributed by atoms with Crippen molar-refractivity contribution >= 4 is 17.7 Å². The maximum Gasteiger partial charge on any atom is 0.410 e. The first-order chi connectivity index (χ1) is 15.7. The van der Waals surface area contributed by atoms with Crippen LogP contribution in [0.5, 0.6) is 5.75 Å².